The van der Waals surface area contributed by atoms with Gasteiger partial charge in [-0.05, 0) is 37.5 Å². The molecule has 1 aliphatic heterocycles. The van der Waals surface area contributed by atoms with E-state index < -0.39 is 25.3 Å². The standard InChI is InChI=1S/C25H28F3N5O4/c1-3-18-16(19-6-4-5-9-29-19)12-17-22(37-14-25(26,27)28)21(32(2)23(17)31-18)24(36)30-15-7-10-33(11-8-15)20(35)13-34/h4-6,9,12,15,34H,3,7-8,10-11,13-14H2,1-2H3,(H,30,36). The Hall–Kier alpha value is -3.67. The SMILES string of the molecule is CCc1nc2c(cc1-c1ccccn1)c(OCC(F)(F)F)c(C(=O)NC1CCN(C(=O)CO)CC1)n2C. The number of aromatic nitrogens is 3. The van der Waals surface area contributed by atoms with Crippen molar-refractivity contribution in [3.8, 4) is 17.0 Å². The first-order valence-electron chi connectivity index (χ1n) is 12.0. The molecule has 0 unspecified atom stereocenters. The third-order valence-corrected chi connectivity index (χ3v) is 6.38. The van der Waals surface area contributed by atoms with E-state index in [0.29, 0.717) is 55.0 Å². The quantitative estimate of drug-likeness (QED) is 0.497. The van der Waals surface area contributed by atoms with Gasteiger partial charge in [-0.3, -0.25) is 14.6 Å². The van der Waals surface area contributed by atoms with E-state index in [-0.39, 0.29) is 28.8 Å². The fourth-order valence-electron chi connectivity index (χ4n) is 4.54. The number of pyridine rings is 2. The van der Waals surface area contributed by atoms with Crippen LogP contribution in [0.3, 0.4) is 0 Å². The van der Waals surface area contributed by atoms with Gasteiger partial charge < -0.3 is 24.6 Å². The highest BCUT2D eigenvalue weighted by molar-refractivity contribution is 6.04. The Morgan fingerprint density at radius 3 is 2.57 bits per heavy atom. The molecule has 3 aromatic heterocycles. The van der Waals surface area contributed by atoms with Crippen LogP contribution in [0.4, 0.5) is 13.2 Å². The van der Waals surface area contributed by atoms with E-state index in [1.807, 2.05) is 6.92 Å². The number of rotatable bonds is 7. The van der Waals surface area contributed by atoms with Crippen LogP contribution in [0.2, 0.25) is 0 Å². The van der Waals surface area contributed by atoms with Gasteiger partial charge in [0.1, 0.15) is 12.3 Å². The molecule has 0 bridgehead atoms. The maximum absolute atomic E-state index is 13.4. The van der Waals surface area contributed by atoms with Crippen molar-refractivity contribution in [2.75, 3.05) is 26.3 Å². The van der Waals surface area contributed by atoms with Crippen LogP contribution in [-0.2, 0) is 18.3 Å². The summed E-state index contributed by atoms with van der Waals surface area (Å²) in [5.74, 6) is -1.18. The first kappa shape index (κ1) is 26.4. The van der Waals surface area contributed by atoms with Crippen LogP contribution in [0, 0.1) is 0 Å². The number of halogens is 3. The van der Waals surface area contributed by atoms with Gasteiger partial charge in [0.2, 0.25) is 5.91 Å². The molecule has 0 spiro atoms. The zero-order chi connectivity index (χ0) is 26.7. The van der Waals surface area contributed by atoms with Gasteiger partial charge in [-0.25, -0.2) is 4.98 Å². The molecular weight excluding hydrogens is 491 g/mol. The lowest BCUT2D eigenvalue weighted by atomic mass is 10.0. The highest BCUT2D eigenvalue weighted by Crippen LogP contribution is 2.37. The highest BCUT2D eigenvalue weighted by atomic mass is 19.4. The molecule has 0 saturated carbocycles. The van der Waals surface area contributed by atoms with Crippen molar-refractivity contribution in [1.82, 2.24) is 24.8 Å². The fourth-order valence-corrected chi connectivity index (χ4v) is 4.54. The Balaban J connectivity index is 1.72. The van der Waals surface area contributed by atoms with Crippen molar-refractivity contribution >= 4 is 22.8 Å². The Bertz CT molecular complexity index is 1290. The number of amides is 2. The summed E-state index contributed by atoms with van der Waals surface area (Å²) in [5.41, 5.74) is 2.19. The molecule has 4 heterocycles. The van der Waals surface area contributed by atoms with Crippen LogP contribution in [-0.4, -0.2) is 74.9 Å². The molecule has 0 aromatic carbocycles. The van der Waals surface area contributed by atoms with E-state index in [9.17, 15) is 22.8 Å². The van der Waals surface area contributed by atoms with Crippen molar-refractivity contribution in [2.45, 2.75) is 38.4 Å². The van der Waals surface area contributed by atoms with E-state index in [1.165, 1.54) is 9.47 Å². The number of likely N-dealkylation sites (tertiary alicyclic amines) is 1. The van der Waals surface area contributed by atoms with E-state index in [4.69, 9.17) is 9.84 Å². The Labute approximate surface area is 211 Å². The molecule has 0 atom stereocenters. The molecule has 37 heavy (non-hydrogen) atoms. The molecule has 3 aromatic rings. The molecular formula is C25H28F3N5O4. The monoisotopic (exact) mass is 519 g/mol. The third-order valence-electron chi connectivity index (χ3n) is 6.38. The number of nitrogens with zero attached hydrogens (tertiary/aromatic N) is 4. The number of fused-ring (bicyclic) bond motifs is 1. The van der Waals surface area contributed by atoms with Gasteiger partial charge in [-0.15, -0.1) is 0 Å². The summed E-state index contributed by atoms with van der Waals surface area (Å²) in [5, 5.41) is 12.2. The number of alkyl halides is 3. The van der Waals surface area contributed by atoms with Crippen molar-refractivity contribution < 1.29 is 32.6 Å². The number of aryl methyl sites for hydroxylation is 2. The van der Waals surface area contributed by atoms with Crippen LogP contribution in [0.25, 0.3) is 22.3 Å². The Kier molecular flexibility index (Phi) is 7.67. The normalized spacial score (nSPS) is 14.7. The maximum Gasteiger partial charge on any atom is 0.422 e. The summed E-state index contributed by atoms with van der Waals surface area (Å²) in [6.45, 7) is 0.464. The van der Waals surface area contributed by atoms with Gasteiger partial charge in [0.05, 0.1) is 16.8 Å². The summed E-state index contributed by atoms with van der Waals surface area (Å²) in [6, 6.07) is 6.71. The van der Waals surface area contributed by atoms with Crippen molar-refractivity contribution in [3.05, 3.63) is 41.9 Å². The number of hydrogen-bond acceptors (Lipinski definition) is 6. The smallest absolute Gasteiger partial charge is 0.422 e. The second kappa shape index (κ2) is 10.8. The third kappa shape index (κ3) is 5.68. The molecule has 0 radical (unpaired) electrons. The largest absolute Gasteiger partial charge is 0.481 e. The van der Waals surface area contributed by atoms with E-state index in [1.54, 1.807) is 37.5 Å². The first-order chi connectivity index (χ1) is 17.6. The van der Waals surface area contributed by atoms with Crippen molar-refractivity contribution in [1.29, 1.82) is 0 Å². The summed E-state index contributed by atoms with van der Waals surface area (Å²) in [6.07, 6.45) is -1.56. The summed E-state index contributed by atoms with van der Waals surface area (Å²) in [7, 11) is 1.56. The van der Waals surface area contributed by atoms with Crippen molar-refractivity contribution in [2.24, 2.45) is 7.05 Å². The number of ether oxygens (including phenoxy) is 1. The molecule has 2 N–H and O–H groups in total. The molecule has 12 heteroatoms. The van der Waals surface area contributed by atoms with Crippen LogP contribution in [0.5, 0.6) is 5.75 Å². The number of aliphatic hydroxyl groups is 1. The Morgan fingerprint density at radius 1 is 1.24 bits per heavy atom. The van der Waals surface area contributed by atoms with Gasteiger partial charge >= 0.3 is 6.18 Å². The van der Waals surface area contributed by atoms with Crippen LogP contribution < -0.4 is 10.1 Å². The second-order valence-corrected chi connectivity index (χ2v) is 8.85. The average Bonchev–Trinajstić information content (AvgIpc) is 3.17. The predicted octanol–water partition coefficient (Wildman–Crippen LogP) is 2.85. The van der Waals surface area contributed by atoms with Gasteiger partial charge in [0, 0.05) is 37.9 Å². The van der Waals surface area contributed by atoms with Crippen LogP contribution in [0.1, 0.15) is 35.9 Å². The van der Waals surface area contributed by atoms with Gasteiger partial charge in [-0.2, -0.15) is 13.2 Å². The highest BCUT2D eigenvalue weighted by Gasteiger charge is 2.33. The lowest BCUT2D eigenvalue weighted by Gasteiger charge is -2.32. The fraction of sp³-hybridized carbons (Fsp3) is 0.440. The number of aliphatic hydroxyl groups excluding tert-OH is 1. The van der Waals surface area contributed by atoms with E-state index in [2.05, 4.69) is 15.3 Å². The van der Waals surface area contributed by atoms with E-state index >= 15 is 0 Å². The molecule has 1 saturated heterocycles. The lowest BCUT2D eigenvalue weighted by Crippen LogP contribution is -2.47. The predicted molar refractivity (Wildman–Crippen MR) is 129 cm³/mol. The maximum atomic E-state index is 13.4. The summed E-state index contributed by atoms with van der Waals surface area (Å²) >= 11 is 0. The summed E-state index contributed by atoms with van der Waals surface area (Å²) in [4.78, 5) is 35.6. The minimum absolute atomic E-state index is 0.0687. The zero-order valence-corrected chi connectivity index (χ0v) is 20.5. The Morgan fingerprint density at radius 2 is 1.97 bits per heavy atom. The molecule has 1 fully saturated rings. The second-order valence-electron chi connectivity index (χ2n) is 8.85. The first-order valence-corrected chi connectivity index (χ1v) is 12.0. The number of piperidine rings is 1. The van der Waals surface area contributed by atoms with E-state index in [0.717, 1.165) is 0 Å². The average molecular weight is 520 g/mol. The number of carbonyl (C=O) groups is 2. The van der Waals surface area contributed by atoms with Gasteiger partial charge in [0.25, 0.3) is 5.91 Å². The van der Waals surface area contributed by atoms with Gasteiger partial charge in [0.15, 0.2) is 18.1 Å². The van der Waals surface area contributed by atoms with Crippen molar-refractivity contribution in [3.63, 3.8) is 0 Å². The van der Waals surface area contributed by atoms with Crippen LogP contribution >= 0.6 is 0 Å². The van der Waals surface area contributed by atoms with Crippen LogP contribution in [0.15, 0.2) is 30.5 Å². The number of nitrogens with one attached hydrogen (secondary N) is 1. The van der Waals surface area contributed by atoms with Gasteiger partial charge in [-0.1, -0.05) is 13.0 Å². The number of carbonyl (C=O) groups excluding carboxylic acids is 2. The zero-order valence-electron chi connectivity index (χ0n) is 20.5. The molecule has 4 rings (SSSR count). The molecule has 9 nitrogen and oxygen atoms in total. The lowest BCUT2D eigenvalue weighted by molar-refractivity contribution is -0.153. The molecule has 1 aliphatic rings. The topological polar surface area (TPSA) is 110 Å². The number of hydrogen-bond donors (Lipinski definition) is 2. The summed E-state index contributed by atoms with van der Waals surface area (Å²) < 4.78 is 46.1. The minimum atomic E-state index is -4.61. The molecule has 0 aliphatic carbocycles. The molecule has 2 amide bonds. The molecule has 198 valence electrons. The minimum Gasteiger partial charge on any atom is -0.481 e.